The van der Waals surface area contributed by atoms with Gasteiger partial charge in [-0.05, 0) is 29.2 Å². The number of methoxy groups -OCH3 is 1. The number of rotatable bonds is 6. The predicted molar refractivity (Wildman–Crippen MR) is 119 cm³/mol. The molecule has 0 saturated heterocycles. The van der Waals surface area contributed by atoms with Crippen LogP contribution in [0.2, 0.25) is 0 Å². The summed E-state index contributed by atoms with van der Waals surface area (Å²) >= 11 is 0. The zero-order valence-corrected chi connectivity index (χ0v) is 17.5. The highest BCUT2D eigenvalue weighted by Crippen LogP contribution is 2.35. The van der Waals surface area contributed by atoms with Gasteiger partial charge < -0.3 is 25.2 Å². The number of nitrogens with two attached hydrogens (primary N) is 1. The molecule has 3 N–H and O–H groups in total. The average Bonchev–Trinajstić information content (AvgIpc) is 2.82. The Labute approximate surface area is 181 Å². The van der Waals surface area contributed by atoms with Gasteiger partial charge >= 0.3 is 0 Å². The van der Waals surface area contributed by atoms with Crippen LogP contribution in [-0.2, 0) is 19.6 Å². The van der Waals surface area contributed by atoms with Gasteiger partial charge in [0.25, 0.3) is 5.91 Å². The van der Waals surface area contributed by atoms with Crippen molar-refractivity contribution in [1.82, 2.24) is 4.90 Å². The van der Waals surface area contributed by atoms with Gasteiger partial charge in [0, 0.05) is 18.3 Å². The minimum absolute atomic E-state index is 0.116. The quantitative estimate of drug-likeness (QED) is 0.599. The molecule has 1 atom stereocenters. The van der Waals surface area contributed by atoms with Gasteiger partial charge in [-0.1, -0.05) is 54.6 Å². The number of hydrogen-bond acceptors (Lipinski definition) is 5. The fourth-order valence-electron chi connectivity index (χ4n) is 3.91. The van der Waals surface area contributed by atoms with Crippen molar-refractivity contribution in [1.29, 1.82) is 0 Å². The van der Waals surface area contributed by atoms with Crippen molar-refractivity contribution in [2.24, 2.45) is 0 Å². The van der Waals surface area contributed by atoms with Crippen molar-refractivity contribution in [3.63, 3.8) is 0 Å². The Morgan fingerprint density at radius 1 is 1.06 bits per heavy atom. The summed E-state index contributed by atoms with van der Waals surface area (Å²) in [6.45, 7) is 0.670. The molecule has 0 aromatic heterocycles. The SMILES string of the molecule is COc1cc(C(=O)N2Cc3ccccc3C[C@H]2CO)c(N)cc1OCc1ccccc1. The van der Waals surface area contributed by atoms with Gasteiger partial charge in [-0.25, -0.2) is 0 Å². The van der Waals surface area contributed by atoms with E-state index in [1.54, 1.807) is 17.0 Å². The van der Waals surface area contributed by atoms with E-state index in [4.69, 9.17) is 15.2 Å². The molecule has 6 nitrogen and oxygen atoms in total. The predicted octanol–water partition coefficient (Wildman–Crippen LogP) is 3.42. The highest BCUT2D eigenvalue weighted by Gasteiger charge is 2.31. The number of aliphatic hydroxyl groups is 1. The third kappa shape index (κ3) is 4.34. The molecule has 4 rings (SSSR count). The number of nitrogen functional groups attached to an aromatic ring is 1. The number of ether oxygens (including phenoxy) is 2. The number of benzene rings is 3. The van der Waals surface area contributed by atoms with Crippen LogP contribution < -0.4 is 15.2 Å². The molecule has 0 radical (unpaired) electrons. The maximum atomic E-state index is 13.4. The fourth-order valence-corrected chi connectivity index (χ4v) is 3.91. The van der Waals surface area contributed by atoms with E-state index in [0.717, 1.165) is 16.7 Å². The van der Waals surface area contributed by atoms with Crippen molar-refractivity contribution in [3.05, 3.63) is 89.0 Å². The van der Waals surface area contributed by atoms with E-state index in [1.807, 2.05) is 54.6 Å². The van der Waals surface area contributed by atoms with E-state index in [0.29, 0.717) is 42.3 Å². The highest BCUT2D eigenvalue weighted by atomic mass is 16.5. The van der Waals surface area contributed by atoms with Crippen LogP contribution in [0.1, 0.15) is 27.0 Å². The van der Waals surface area contributed by atoms with Gasteiger partial charge in [-0.15, -0.1) is 0 Å². The van der Waals surface area contributed by atoms with Crippen LogP contribution >= 0.6 is 0 Å². The normalized spacial score (nSPS) is 15.3. The van der Waals surface area contributed by atoms with Gasteiger partial charge in [0.15, 0.2) is 11.5 Å². The summed E-state index contributed by atoms with van der Waals surface area (Å²) in [5, 5.41) is 9.91. The molecule has 31 heavy (non-hydrogen) atoms. The lowest BCUT2D eigenvalue weighted by atomic mass is 9.93. The van der Waals surface area contributed by atoms with Crippen molar-refractivity contribution in [3.8, 4) is 11.5 Å². The Balaban J connectivity index is 1.59. The molecule has 1 aliphatic heterocycles. The molecule has 0 bridgehead atoms. The summed E-state index contributed by atoms with van der Waals surface area (Å²) in [6, 6.07) is 20.7. The molecule has 0 aliphatic carbocycles. The molecular formula is C25H26N2O4. The van der Waals surface area contributed by atoms with Crippen LogP contribution in [-0.4, -0.2) is 35.7 Å². The second-order valence-electron chi connectivity index (χ2n) is 7.61. The summed E-state index contributed by atoms with van der Waals surface area (Å²) in [5.41, 5.74) is 10.1. The van der Waals surface area contributed by atoms with Crippen LogP contribution in [0.15, 0.2) is 66.7 Å². The maximum Gasteiger partial charge on any atom is 0.256 e. The summed E-state index contributed by atoms with van der Waals surface area (Å²) < 4.78 is 11.4. The van der Waals surface area contributed by atoms with E-state index in [-0.39, 0.29) is 18.6 Å². The van der Waals surface area contributed by atoms with Gasteiger partial charge in [0.05, 0.1) is 25.3 Å². The average molecular weight is 418 g/mol. The molecule has 3 aromatic carbocycles. The van der Waals surface area contributed by atoms with Crippen LogP contribution in [0.25, 0.3) is 0 Å². The summed E-state index contributed by atoms with van der Waals surface area (Å²) in [5.74, 6) is 0.675. The first-order valence-electron chi connectivity index (χ1n) is 10.2. The summed E-state index contributed by atoms with van der Waals surface area (Å²) in [4.78, 5) is 15.1. The lowest BCUT2D eigenvalue weighted by molar-refractivity contribution is 0.0545. The third-order valence-corrected chi connectivity index (χ3v) is 5.63. The Morgan fingerprint density at radius 3 is 2.48 bits per heavy atom. The summed E-state index contributed by atoms with van der Waals surface area (Å²) in [7, 11) is 1.53. The Kier molecular flexibility index (Phi) is 6.09. The molecule has 3 aromatic rings. The Bertz CT molecular complexity index is 1070. The number of amides is 1. The van der Waals surface area contributed by atoms with E-state index in [9.17, 15) is 9.90 Å². The third-order valence-electron chi connectivity index (χ3n) is 5.63. The van der Waals surface area contributed by atoms with Crippen molar-refractivity contribution in [2.75, 3.05) is 19.5 Å². The first kappa shape index (κ1) is 20.8. The topological polar surface area (TPSA) is 85.0 Å². The number of hydrogen-bond donors (Lipinski definition) is 2. The first-order chi connectivity index (χ1) is 15.1. The Hall–Kier alpha value is -3.51. The highest BCUT2D eigenvalue weighted by molar-refractivity contribution is 6.00. The molecule has 1 heterocycles. The molecule has 0 unspecified atom stereocenters. The van der Waals surface area contributed by atoms with Gasteiger partial charge in [-0.2, -0.15) is 0 Å². The standard InChI is InChI=1S/C25H26N2O4/c1-30-23-12-21(22(26)13-24(23)31-16-17-7-3-2-4-8-17)25(29)27-14-19-10-6-5-9-18(19)11-20(27)15-28/h2-10,12-13,20,28H,11,14-16,26H2,1H3/t20-/m0/s1. The minimum Gasteiger partial charge on any atom is -0.493 e. The zero-order chi connectivity index (χ0) is 21.8. The van der Waals surface area contributed by atoms with Crippen LogP contribution in [0.3, 0.4) is 0 Å². The first-order valence-corrected chi connectivity index (χ1v) is 10.2. The second kappa shape index (κ2) is 9.10. The van der Waals surface area contributed by atoms with E-state index in [2.05, 4.69) is 0 Å². The van der Waals surface area contributed by atoms with Gasteiger partial charge in [0.1, 0.15) is 6.61 Å². The molecule has 0 saturated carbocycles. The smallest absolute Gasteiger partial charge is 0.256 e. The van der Waals surface area contributed by atoms with Crippen molar-refractivity contribution >= 4 is 11.6 Å². The van der Waals surface area contributed by atoms with E-state index >= 15 is 0 Å². The lowest BCUT2D eigenvalue weighted by Crippen LogP contribution is -2.46. The van der Waals surface area contributed by atoms with E-state index in [1.165, 1.54) is 7.11 Å². The number of aliphatic hydroxyl groups excluding tert-OH is 1. The molecule has 6 heteroatoms. The molecule has 0 spiro atoms. The monoisotopic (exact) mass is 418 g/mol. The van der Waals surface area contributed by atoms with Crippen molar-refractivity contribution in [2.45, 2.75) is 25.6 Å². The van der Waals surface area contributed by atoms with Crippen LogP contribution in [0.5, 0.6) is 11.5 Å². The largest absolute Gasteiger partial charge is 0.493 e. The van der Waals surface area contributed by atoms with Gasteiger partial charge in [-0.3, -0.25) is 4.79 Å². The number of anilines is 1. The zero-order valence-electron chi connectivity index (χ0n) is 17.5. The second-order valence-corrected chi connectivity index (χ2v) is 7.61. The number of fused-ring (bicyclic) bond motifs is 1. The fraction of sp³-hybridized carbons (Fsp3) is 0.240. The van der Waals surface area contributed by atoms with Gasteiger partial charge in [0.2, 0.25) is 0 Å². The van der Waals surface area contributed by atoms with Crippen LogP contribution in [0, 0.1) is 0 Å². The minimum atomic E-state index is -0.304. The number of nitrogens with zero attached hydrogens (tertiary/aromatic N) is 1. The lowest BCUT2D eigenvalue weighted by Gasteiger charge is -2.36. The van der Waals surface area contributed by atoms with Crippen molar-refractivity contribution < 1.29 is 19.4 Å². The maximum absolute atomic E-state index is 13.4. The van der Waals surface area contributed by atoms with E-state index < -0.39 is 0 Å². The molecule has 1 amide bonds. The number of carbonyl (C=O) groups is 1. The van der Waals surface area contributed by atoms with Crippen LogP contribution in [0.4, 0.5) is 5.69 Å². The molecular weight excluding hydrogens is 392 g/mol. The molecule has 1 aliphatic rings. The molecule has 160 valence electrons. The number of carbonyl (C=O) groups excluding carboxylic acids is 1. The summed E-state index contributed by atoms with van der Waals surface area (Å²) in [6.07, 6.45) is 0.605. The molecule has 0 fully saturated rings. The Morgan fingerprint density at radius 2 is 1.77 bits per heavy atom.